The van der Waals surface area contributed by atoms with E-state index in [1.165, 1.54) is 25.7 Å². The number of hydrogen-bond donors (Lipinski definition) is 1. The smallest absolute Gasteiger partial charge is 0.193 e. The molecule has 4 nitrogen and oxygen atoms in total. The Balaban J connectivity index is 1.74. The molecule has 1 saturated heterocycles. The van der Waals surface area contributed by atoms with Gasteiger partial charge < -0.3 is 15.0 Å². The lowest BCUT2D eigenvalue weighted by Gasteiger charge is -2.24. The molecule has 0 bridgehead atoms. The zero-order valence-electron chi connectivity index (χ0n) is 12.0. The van der Waals surface area contributed by atoms with E-state index in [0.717, 1.165) is 31.6 Å². The van der Waals surface area contributed by atoms with Crippen molar-refractivity contribution in [1.29, 1.82) is 0 Å². The predicted octanol–water partition coefficient (Wildman–Crippen LogP) is 1.72. The Kier molecular flexibility index (Phi) is 4.87. The van der Waals surface area contributed by atoms with E-state index in [2.05, 4.69) is 29.2 Å². The highest BCUT2D eigenvalue weighted by atomic mass is 16.5. The van der Waals surface area contributed by atoms with Crippen LogP contribution in [0.25, 0.3) is 0 Å². The lowest BCUT2D eigenvalue weighted by Crippen LogP contribution is -2.42. The maximum Gasteiger partial charge on any atom is 0.193 e. The summed E-state index contributed by atoms with van der Waals surface area (Å²) in [4.78, 5) is 6.65. The van der Waals surface area contributed by atoms with Gasteiger partial charge >= 0.3 is 0 Å². The Labute approximate surface area is 111 Å². The zero-order chi connectivity index (χ0) is 13.0. The van der Waals surface area contributed by atoms with Gasteiger partial charge in [-0.05, 0) is 25.2 Å². The molecule has 2 rings (SSSR count). The maximum absolute atomic E-state index is 5.43. The van der Waals surface area contributed by atoms with E-state index in [9.17, 15) is 0 Å². The van der Waals surface area contributed by atoms with Gasteiger partial charge in [-0.25, -0.2) is 0 Å². The highest BCUT2D eigenvalue weighted by molar-refractivity contribution is 5.80. The molecule has 2 aliphatic rings. The molecule has 3 unspecified atom stereocenters. The summed E-state index contributed by atoms with van der Waals surface area (Å²) < 4.78 is 5.43. The van der Waals surface area contributed by atoms with Crippen molar-refractivity contribution in [3.8, 4) is 0 Å². The molecule has 0 aromatic carbocycles. The first-order valence-corrected chi connectivity index (χ1v) is 7.26. The summed E-state index contributed by atoms with van der Waals surface area (Å²) in [6, 6.07) is 0.658. The molecular formula is C14H27N3O. The Morgan fingerprint density at radius 3 is 2.94 bits per heavy atom. The summed E-state index contributed by atoms with van der Waals surface area (Å²) in [6.45, 7) is 5.14. The third-order valence-electron chi connectivity index (χ3n) is 4.03. The Hall–Kier alpha value is -0.770. The van der Waals surface area contributed by atoms with Crippen molar-refractivity contribution in [2.24, 2.45) is 16.8 Å². The SMILES string of the molecule is CCCC1CC1NC(=NC)N(C)CC1CCOC1. The summed E-state index contributed by atoms with van der Waals surface area (Å²) >= 11 is 0. The molecule has 0 aromatic heterocycles. The minimum Gasteiger partial charge on any atom is -0.381 e. The van der Waals surface area contributed by atoms with E-state index in [0.29, 0.717) is 12.0 Å². The number of hydrogen-bond acceptors (Lipinski definition) is 2. The lowest BCUT2D eigenvalue weighted by atomic mass is 10.1. The van der Waals surface area contributed by atoms with Gasteiger partial charge in [0.05, 0.1) is 6.61 Å². The number of rotatable bonds is 5. The molecule has 0 aromatic rings. The summed E-state index contributed by atoms with van der Waals surface area (Å²) in [6.07, 6.45) is 5.13. The van der Waals surface area contributed by atoms with E-state index < -0.39 is 0 Å². The number of ether oxygens (including phenoxy) is 1. The summed E-state index contributed by atoms with van der Waals surface area (Å²) in [5.41, 5.74) is 0. The quantitative estimate of drug-likeness (QED) is 0.599. The van der Waals surface area contributed by atoms with Gasteiger partial charge in [0.15, 0.2) is 5.96 Å². The third-order valence-corrected chi connectivity index (χ3v) is 4.03. The van der Waals surface area contributed by atoms with Crippen molar-refractivity contribution in [1.82, 2.24) is 10.2 Å². The van der Waals surface area contributed by atoms with Crippen LogP contribution in [0.1, 0.15) is 32.6 Å². The lowest BCUT2D eigenvalue weighted by molar-refractivity contribution is 0.181. The molecule has 0 radical (unpaired) electrons. The summed E-state index contributed by atoms with van der Waals surface area (Å²) in [5, 5.41) is 3.58. The third kappa shape index (κ3) is 3.61. The first kappa shape index (κ1) is 13.7. The van der Waals surface area contributed by atoms with Crippen LogP contribution in [-0.4, -0.2) is 50.8 Å². The molecule has 1 aliphatic heterocycles. The number of aliphatic imine (C=N–C) groups is 1. The fourth-order valence-corrected chi connectivity index (χ4v) is 2.83. The van der Waals surface area contributed by atoms with Gasteiger partial charge in [0.1, 0.15) is 0 Å². The summed E-state index contributed by atoms with van der Waals surface area (Å²) in [7, 11) is 4.01. The molecular weight excluding hydrogens is 226 g/mol. The van der Waals surface area contributed by atoms with Gasteiger partial charge in [0, 0.05) is 39.2 Å². The molecule has 104 valence electrons. The molecule has 0 amide bonds. The molecule has 4 heteroatoms. The second-order valence-electron chi connectivity index (χ2n) is 5.69. The van der Waals surface area contributed by atoms with Crippen molar-refractivity contribution in [3.63, 3.8) is 0 Å². The highest BCUT2D eigenvalue weighted by Gasteiger charge is 2.37. The van der Waals surface area contributed by atoms with E-state index in [-0.39, 0.29) is 0 Å². The fraction of sp³-hybridized carbons (Fsp3) is 0.929. The van der Waals surface area contributed by atoms with Gasteiger partial charge in [0.25, 0.3) is 0 Å². The molecule has 0 spiro atoms. The first-order valence-electron chi connectivity index (χ1n) is 7.26. The van der Waals surface area contributed by atoms with Crippen LogP contribution in [0.5, 0.6) is 0 Å². The monoisotopic (exact) mass is 253 g/mol. The summed E-state index contributed by atoms with van der Waals surface area (Å²) in [5.74, 6) is 2.58. The zero-order valence-corrected chi connectivity index (χ0v) is 12.0. The first-order chi connectivity index (χ1) is 8.74. The Morgan fingerprint density at radius 1 is 1.50 bits per heavy atom. The minimum absolute atomic E-state index is 0.658. The molecule has 2 fully saturated rings. The molecule has 3 atom stereocenters. The Morgan fingerprint density at radius 2 is 2.33 bits per heavy atom. The van der Waals surface area contributed by atoms with Crippen LogP contribution in [0, 0.1) is 11.8 Å². The van der Waals surface area contributed by atoms with Gasteiger partial charge in [-0.1, -0.05) is 13.3 Å². The van der Waals surface area contributed by atoms with Crippen LogP contribution >= 0.6 is 0 Å². The second kappa shape index (κ2) is 6.41. The molecule has 1 saturated carbocycles. The van der Waals surface area contributed by atoms with E-state index in [1.807, 2.05) is 7.05 Å². The molecule has 18 heavy (non-hydrogen) atoms. The van der Waals surface area contributed by atoms with Crippen molar-refractivity contribution in [3.05, 3.63) is 0 Å². The van der Waals surface area contributed by atoms with Gasteiger partial charge in [-0.3, -0.25) is 4.99 Å². The molecule has 1 N–H and O–H groups in total. The largest absolute Gasteiger partial charge is 0.381 e. The van der Waals surface area contributed by atoms with Gasteiger partial charge in [-0.2, -0.15) is 0 Å². The molecule has 1 aliphatic carbocycles. The van der Waals surface area contributed by atoms with E-state index in [4.69, 9.17) is 4.74 Å². The van der Waals surface area contributed by atoms with E-state index in [1.54, 1.807) is 0 Å². The van der Waals surface area contributed by atoms with Crippen molar-refractivity contribution in [2.45, 2.75) is 38.6 Å². The van der Waals surface area contributed by atoms with Crippen LogP contribution in [-0.2, 0) is 4.74 Å². The number of guanidine groups is 1. The highest BCUT2D eigenvalue weighted by Crippen LogP contribution is 2.34. The maximum atomic E-state index is 5.43. The topological polar surface area (TPSA) is 36.9 Å². The van der Waals surface area contributed by atoms with Gasteiger partial charge in [-0.15, -0.1) is 0 Å². The molecule has 1 heterocycles. The van der Waals surface area contributed by atoms with Crippen LogP contribution in [0.15, 0.2) is 4.99 Å². The van der Waals surface area contributed by atoms with E-state index >= 15 is 0 Å². The predicted molar refractivity (Wildman–Crippen MR) is 74.9 cm³/mol. The van der Waals surface area contributed by atoms with Crippen LogP contribution in [0.2, 0.25) is 0 Å². The number of nitrogens with zero attached hydrogens (tertiary/aromatic N) is 2. The van der Waals surface area contributed by atoms with Crippen molar-refractivity contribution < 1.29 is 4.74 Å². The van der Waals surface area contributed by atoms with Crippen LogP contribution < -0.4 is 5.32 Å². The van der Waals surface area contributed by atoms with Crippen LogP contribution in [0.4, 0.5) is 0 Å². The van der Waals surface area contributed by atoms with Gasteiger partial charge in [0.2, 0.25) is 0 Å². The van der Waals surface area contributed by atoms with Crippen molar-refractivity contribution >= 4 is 5.96 Å². The average Bonchev–Trinajstić information content (AvgIpc) is 2.87. The fourth-order valence-electron chi connectivity index (χ4n) is 2.83. The minimum atomic E-state index is 0.658. The Bertz CT molecular complexity index is 287. The second-order valence-corrected chi connectivity index (χ2v) is 5.69. The number of nitrogens with one attached hydrogen (secondary N) is 1. The average molecular weight is 253 g/mol. The standard InChI is InChI=1S/C14H27N3O/c1-4-5-12-8-13(12)16-14(15-2)17(3)9-11-6-7-18-10-11/h11-13H,4-10H2,1-3H3,(H,15,16). The van der Waals surface area contributed by atoms with Crippen molar-refractivity contribution in [2.75, 3.05) is 33.9 Å². The van der Waals surface area contributed by atoms with Crippen LogP contribution in [0.3, 0.4) is 0 Å². The normalized spacial score (nSPS) is 31.5.